The molecule has 0 bridgehead atoms. The summed E-state index contributed by atoms with van der Waals surface area (Å²) in [4.78, 5) is 33.7. The summed E-state index contributed by atoms with van der Waals surface area (Å²) in [6, 6.07) is 55.1. The smallest absolute Gasteiger partial charge is 0.220 e. The molecule has 0 spiro atoms. The number of nitrogens with one attached hydrogen (secondary N) is 3. The molecular weight excluding hydrogens is 1150 g/mol. The number of unbranched alkanes of at least 4 members (excludes halogenated alkanes) is 3. The van der Waals surface area contributed by atoms with Crippen LogP contribution in [0.5, 0.6) is 11.5 Å². The zero-order valence-electron chi connectivity index (χ0n) is 58.8. The van der Waals surface area contributed by atoms with E-state index >= 15 is 0 Å². The molecule has 0 saturated heterocycles. The van der Waals surface area contributed by atoms with Crippen LogP contribution < -0.4 is 16.0 Å². The lowest BCUT2D eigenvalue weighted by Gasteiger charge is -2.28. The molecule has 2 amide bonds. The third-order valence-electron chi connectivity index (χ3n) is 17.6. The van der Waals surface area contributed by atoms with Gasteiger partial charge in [0, 0.05) is 59.3 Å². The van der Waals surface area contributed by atoms with E-state index in [0.29, 0.717) is 63.5 Å². The van der Waals surface area contributed by atoms with Gasteiger partial charge < -0.3 is 35.6 Å². The van der Waals surface area contributed by atoms with Crippen LogP contribution in [0.15, 0.2) is 168 Å². The molecule has 93 heavy (non-hydrogen) atoms. The van der Waals surface area contributed by atoms with Gasteiger partial charge in [-0.25, -0.2) is 9.98 Å². The Labute approximate surface area is 557 Å². The van der Waals surface area contributed by atoms with Gasteiger partial charge in [0.1, 0.15) is 24.7 Å². The highest BCUT2D eigenvalue weighted by atomic mass is 16.5. The second-order valence-corrected chi connectivity index (χ2v) is 30.1. The molecule has 0 atom stereocenters. The van der Waals surface area contributed by atoms with Crippen LogP contribution in [0.25, 0.3) is 0 Å². The molecule has 7 aromatic rings. The summed E-state index contributed by atoms with van der Waals surface area (Å²) >= 11 is 0. The van der Waals surface area contributed by atoms with E-state index in [1.807, 2.05) is 24.3 Å². The molecular formula is C82H107N5O6. The number of phenols is 2. The van der Waals surface area contributed by atoms with Crippen molar-refractivity contribution in [3.8, 4) is 11.5 Å². The van der Waals surface area contributed by atoms with Crippen LogP contribution in [-0.2, 0) is 64.4 Å². The van der Waals surface area contributed by atoms with Gasteiger partial charge in [-0.15, -0.1) is 0 Å². The number of anilines is 2. The van der Waals surface area contributed by atoms with Gasteiger partial charge >= 0.3 is 0 Å². The Morgan fingerprint density at radius 3 is 1.03 bits per heavy atom. The minimum atomic E-state index is -0.189. The Morgan fingerprint density at radius 2 is 0.731 bits per heavy atom. The van der Waals surface area contributed by atoms with Crippen molar-refractivity contribution in [2.45, 2.75) is 195 Å². The molecule has 0 saturated carbocycles. The van der Waals surface area contributed by atoms with Crippen molar-refractivity contribution in [3.05, 3.63) is 224 Å². The number of aryl methyl sites for hydroxylation is 2. The first-order valence-electron chi connectivity index (χ1n) is 33.6. The van der Waals surface area contributed by atoms with Crippen molar-refractivity contribution in [1.82, 2.24) is 10.6 Å². The largest absolute Gasteiger partial charge is 0.507 e. The number of hydrogen-bond acceptors (Lipinski definition) is 9. The molecule has 0 aromatic heterocycles. The van der Waals surface area contributed by atoms with Gasteiger partial charge in [-0.1, -0.05) is 239 Å². The zero-order chi connectivity index (χ0) is 67.8. The third-order valence-corrected chi connectivity index (χ3v) is 17.6. The zero-order valence-corrected chi connectivity index (χ0v) is 58.8. The van der Waals surface area contributed by atoms with E-state index in [4.69, 9.17) is 9.47 Å². The number of nitrogens with zero attached hydrogens (tertiary/aromatic N) is 2. The predicted octanol–water partition coefficient (Wildman–Crippen LogP) is 18.0. The van der Waals surface area contributed by atoms with Crippen molar-refractivity contribution in [1.29, 1.82) is 0 Å². The topological polar surface area (TPSA) is 154 Å². The molecule has 2 aliphatic heterocycles. The maximum absolute atomic E-state index is 12.6. The molecule has 9 rings (SSSR count). The molecule has 11 heteroatoms. The Morgan fingerprint density at radius 1 is 0.409 bits per heavy atom. The average Bonchev–Trinajstić information content (AvgIpc) is 1.36. The molecule has 5 N–H and O–H groups in total. The van der Waals surface area contributed by atoms with Gasteiger partial charge in [-0.2, -0.15) is 0 Å². The highest BCUT2D eigenvalue weighted by molar-refractivity contribution is 6.00. The van der Waals surface area contributed by atoms with E-state index in [2.05, 4.69) is 270 Å². The third kappa shape index (κ3) is 20.7. The number of phenolic OH excluding ortho intramolecular Hbond substituents is 2. The van der Waals surface area contributed by atoms with Crippen molar-refractivity contribution in [2.24, 2.45) is 9.98 Å². The number of hydrogen-bond donors (Lipinski definition) is 5. The van der Waals surface area contributed by atoms with E-state index in [-0.39, 0.29) is 44.3 Å². The second kappa shape index (κ2) is 31.6. The Bertz CT molecular complexity index is 3330. The van der Waals surface area contributed by atoms with Crippen molar-refractivity contribution < 1.29 is 29.3 Å². The molecule has 496 valence electrons. The molecule has 2 heterocycles. The maximum Gasteiger partial charge on any atom is 0.220 e. The minimum absolute atomic E-state index is 0.0234. The van der Waals surface area contributed by atoms with Gasteiger partial charge in [0.15, 0.2) is 0 Å². The Kier molecular flexibility index (Phi) is 24.6. The fourth-order valence-corrected chi connectivity index (χ4v) is 11.7. The van der Waals surface area contributed by atoms with Crippen LogP contribution >= 0.6 is 0 Å². The van der Waals surface area contributed by atoms with Gasteiger partial charge in [-0.05, 0) is 145 Å². The van der Waals surface area contributed by atoms with E-state index in [1.54, 1.807) is 0 Å². The summed E-state index contributed by atoms with van der Waals surface area (Å²) in [5.74, 6) is 2.28. The Hall–Kier alpha value is -8.18. The SMILES string of the molecule is CC(C)(C)c1cc(CCC(=O)NCCCCCCNC(=O)CCc2cc(C(C)(C)C)c(O)c(C(C)(C)C)c2)cc(C(C)(C)C)c1O.CC(C)(c1ccccc1)c1ccc(Nc2ccc(C(C)(C)c3ccccc3)cc2)cc1.c1cc(C2=NCCO2)cc(C2=NCCO2)c1. The predicted molar refractivity (Wildman–Crippen MR) is 387 cm³/mol. The van der Waals surface area contributed by atoms with Crippen LogP contribution in [0.2, 0.25) is 0 Å². The van der Waals surface area contributed by atoms with Gasteiger partial charge in [0.25, 0.3) is 0 Å². The standard InChI is InChI=1S/C40H64N2O4.C30H31N.C12H12N2O2/c1-37(2,3)29-23-27(24-30(35(29)45)38(4,5)6)17-19-33(43)41-21-15-13-14-16-22-42-34(44)20-18-28-25-31(39(7,8)9)36(46)32(26-28)40(10,11)12;1-29(2,23-11-7-5-8-12-23)25-15-19-27(20-16-25)31-28-21-17-26(18-22-28)30(3,4)24-13-9-6-10-14-24;1-2-9(11-13-4-6-15-11)8-10(3-1)12-14-5-7-16-12/h23-26,45-46H,13-22H2,1-12H3,(H,41,43)(H,42,44);5-22,31H,1-4H3;1-3,8H,4-7H2. The maximum atomic E-state index is 12.6. The van der Waals surface area contributed by atoms with E-state index in [0.717, 1.165) is 106 Å². The summed E-state index contributed by atoms with van der Waals surface area (Å²) in [6.45, 7) is 38.5. The molecule has 7 aromatic carbocycles. The number of carbonyl (C=O) groups is 2. The first-order chi connectivity index (χ1) is 43.8. The van der Waals surface area contributed by atoms with Crippen LogP contribution in [-0.4, -0.2) is 73.2 Å². The summed E-state index contributed by atoms with van der Waals surface area (Å²) in [7, 11) is 0. The number of rotatable bonds is 21. The van der Waals surface area contributed by atoms with Crippen LogP contribution in [0.1, 0.15) is 216 Å². The quantitative estimate of drug-likeness (QED) is 0.0449. The van der Waals surface area contributed by atoms with E-state index in [9.17, 15) is 19.8 Å². The molecule has 0 radical (unpaired) electrons. The highest BCUT2D eigenvalue weighted by Crippen LogP contribution is 2.42. The van der Waals surface area contributed by atoms with Crippen LogP contribution in [0, 0.1) is 0 Å². The fourth-order valence-electron chi connectivity index (χ4n) is 11.7. The number of aliphatic imine (C=N–C) groups is 2. The second-order valence-electron chi connectivity index (χ2n) is 30.1. The van der Waals surface area contributed by atoms with Crippen molar-refractivity contribution >= 4 is 35.0 Å². The lowest BCUT2D eigenvalue weighted by Crippen LogP contribution is -2.25. The number of carbonyl (C=O) groups excluding carboxylic acids is 2. The summed E-state index contributed by atoms with van der Waals surface area (Å²) in [5.41, 5.74) is 14.5. The lowest BCUT2D eigenvalue weighted by molar-refractivity contribution is -0.121. The monoisotopic (exact) mass is 1260 g/mol. The normalized spacial score (nSPS) is 13.5. The Balaban J connectivity index is 0.000000221. The van der Waals surface area contributed by atoms with Crippen LogP contribution in [0.4, 0.5) is 11.4 Å². The van der Waals surface area contributed by atoms with Gasteiger partial charge in [-0.3, -0.25) is 9.59 Å². The van der Waals surface area contributed by atoms with E-state index < -0.39 is 0 Å². The number of ether oxygens (including phenoxy) is 2. The van der Waals surface area contributed by atoms with Gasteiger partial charge in [0.05, 0.1) is 13.1 Å². The molecule has 0 aliphatic carbocycles. The molecule has 0 fully saturated rings. The first-order valence-corrected chi connectivity index (χ1v) is 33.6. The number of benzene rings is 7. The van der Waals surface area contributed by atoms with Crippen molar-refractivity contribution in [3.63, 3.8) is 0 Å². The van der Waals surface area contributed by atoms with Gasteiger partial charge in [0.2, 0.25) is 23.6 Å². The minimum Gasteiger partial charge on any atom is -0.507 e. The fraction of sp³-hybridized carbons (Fsp3) is 0.439. The van der Waals surface area contributed by atoms with Crippen molar-refractivity contribution in [2.75, 3.05) is 44.7 Å². The summed E-state index contributed by atoms with van der Waals surface area (Å²) in [5, 5.41) is 31.5. The number of amides is 2. The summed E-state index contributed by atoms with van der Waals surface area (Å²) < 4.78 is 10.9. The molecule has 0 unspecified atom stereocenters. The average molecular weight is 1260 g/mol. The molecule has 11 nitrogen and oxygen atoms in total. The summed E-state index contributed by atoms with van der Waals surface area (Å²) in [6.07, 6.45) is 5.93. The van der Waals surface area contributed by atoms with Crippen LogP contribution in [0.3, 0.4) is 0 Å². The number of aromatic hydroxyl groups is 2. The van der Waals surface area contributed by atoms with E-state index in [1.165, 1.54) is 22.3 Å². The first kappa shape index (κ1) is 72.2. The lowest BCUT2D eigenvalue weighted by atomic mass is 9.78. The molecule has 2 aliphatic rings. The highest BCUT2D eigenvalue weighted by Gasteiger charge is 2.29.